The van der Waals surface area contributed by atoms with E-state index >= 15 is 0 Å². The van der Waals surface area contributed by atoms with Crippen LogP contribution in [0.2, 0.25) is 0 Å². The summed E-state index contributed by atoms with van der Waals surface area (Å²) in [7, 11) is 1.68. The predicted molar refractivity (Wildman–Crippen MR) is 68.4 cm³/mol. The molecule has 1 heterocycles. The summed E-state index contributed by atoms with van der Waals surface area (Å²) in [5.74, 6) is 0.873. The molecule has 1 fully saturated rings. The third-order valence-electron chi connectivity index (χ3n) is 3.47. The third kappa shape index (κ3) is 3.20. The van der Waals surface area contributed by atoms with E-state index in [1.165, 1.54) is 0 Å². The van der Waals surface area contributed by atoms with E-state index in [0.29, 0.717) is 6.42 Å². The standard InChI is InChI=1S/C14H21NO2/c1-17-13-6-3-2-5-12(13)11-14(16)7-4-9-15-10-8-14/h2-3,5-6,15-16H,4,7-11H2,1H3. The Morgan fingerprint density at radius 2 is 2.12 bits per heavy atom. The molecule has 0 bridgehead atoms. The number of aliphatic hydroxyl groups is 1. The molecule has 0 spiro atoms. The smallest absolute Gasteiger partial charge is 0.122 e. The van der Waals surface area contributed by atoms with Crippen molar-refractivity contribution < 1.29 is 9.84 Å². The van der Waals surface area contributed by atoms with Crippen molar-refractivity contribution in [3.8, 4) is 5.75 Å². The molecule has 0 aromatic heterocycles. The monoisotopic (exact) mass is 235 g/mol. The van der Waals surface area contributed by atoms with Gasteiger partial charge in [0.25, 0.3) is 0 Å². The molecule has 3 nitrogen and oxygen atoms in total. The van der Waals surface area contributed by atoms with Gasteiger partial charge in [0, 0.05) is 6.42 Å². The highest BCUT2D eigenvalue weighted by atomic mass is 16.5. The molecule has 1 atom stereocenters. The van der Waals surface area contributed by atoms with Crippen LogP contribution in [-0.4, -0.2) is 30.9 Å². The first-order valence-electron chi connectivity index (χ1n) is 6.28. The Morgan fingerprint density at radius 3 is 2.94 bits per heavy atom. The second-order valence-corrected chi connectivity index (χ2v) is 4.82. The molecule has 2 N–H and O–H groups in total. The van der Waals surface area contributed by atoms with Gasteiger partial charge >= 0.3 is 0 Å². The van der Waals surface area contributed by atoms with Crippen molar-refractivity contribution in [3.63, 3.8) is 0 Å². The summed E-state index contributed by atoms with van der Waals surface area (Å²) in [4.78, 5) is 0. The van der Waals surface area contributed by atoms with Crippen LogP contribution >= 0.6 is 0 Å². The van der Waals surface area contributed by atoms with Crippen molar-refractivity contribution in [2.75, 3.05) is 20.2 Å². The Hall–Kier alpha value is -1.06. The van der Waals surface area contributed by atoms with Crippen LogP contribution in [0.5, 0.6) is 5.75 Å². The third-order valence-corrected chi connectivity index (χ3v) is 3.47. The van der Waals surface area contributed by atoms with Gasteiger partial charge in [0.05, 0.1) is 12.7 Å². The van der Waals surface area contributed by atoms with Gasteiger partial charge in [-0.3, -0.25) is 0 Å². The van der Waals surface area contributed by atoms with E-state index in [0.717, 1.165) is 43.7 Å². The molecule has 1 aromatic rings. The van der Waals surface area contributed by atoms with Crippen LogP contribution in [0.4, 0.5) is 0 Å². The molecule has 1 saturated heterocycles. The van der Waals surface area contributed by atoms with Crippen LogP contribution in [0.15, 0.2) is 24.3 Å². The van der Waals surface area contributed by atoms with E-state index in [1.54, 1.807) is 7.11 Å². The second-order valence-electron chi connectivity index (χ2n) is 4.82. The number of para-hydroxylation sites is 1. The van der Waals surface area contributed by atoms with Gasteiger partial charge in [0.15, 0.2) is 0 Å². The lowest BCUT2D eigenvalue weighted by molar-refractivity contribution is 0.0279. The summed E-state index contributed by atoms with van der Waals surface area (Å²) >= 11 is 0. The van der Waals surface area contributed by atoms with Gasteiger partial charge in [-0.2, -0.15) is 0 Å². The van der Waals surface area contributed by atoms with Gasteiger partial charge in [-0.05, 0) is 44.0 Å². The number of hydrogen-bond donors (Lipinski definition) is 2. The summed E-state index contributed by atoms with van der Waals surface area (Å²) < 4.78 is 5.34. The Kier molecular flexibility index (Phi) is 4.02. The molecule has 0 saturated carbocycles. The van der Waals surface area contributed by atoms with Crippen molar-refractivity contribution in [1.82, 2.24) is 5.32 Å². The maximum absolute atomic E-state index is 10.6. The number of methoxy groups -OCH3 is 1. The van der Waals surface area contributed by atoms with Gasteiger partial charge in [-0.25, -0.2) is 0 Å². The van der Waals surface area contributed by atoms with E-state index in [9.17, 15) is 5.11 Å². The fourth-order valence-electron chi connectivity index (χ4n) is 2.49. The van der Waals surface area contributed by atoms with Crippen LogP contribution in [-0.2, 0) is 6.42 Å². The van der Waals surface area contributed by atoms with E-state index < -0.39 is 5.60 Å². The minimum atomic E-state index is -0.585. The number of rotatable bonds is 3. The molecular formula is C14H21NO2. The van der Waals surface area contributed by atoms with E-state index in [1.807, 2.05) is 24.3 Å². The van der Waals surface area contributed by atoms with Crippen LogP contribution in [0.25, 0.3) is 0 Å². The van der Waals surface area contributed by atoms with Gasteiger partial charge in [-0.1, -0.05) is 18.2 Å². The highest BCUT2D eigenvalue weighted by Gasteiger charge is 2.29. The molecule has 94 valence electrons. The van der Waals surface area contributed by atoms with E-state index in [4.69, 9.17) is 4.74 Å². The zero-order chi connectivity index (χ0) is 12.1. The fraction of sp³-hybridized carbons (Fsp3) is 0.571. The fourth-order valence-corrected chi connectivity index (χ4v) is 2.49. The molecule has 17 heavy (non-hydrogen) atoms. The van der Waals surface area contributed by atoms with Gasteiger partial charge < -0.3 is 15.2 Å². The second kappa shape index (κ2) is 5.52. The average molecular weight is 235 g/mol. The first-order valence-corrected chi connectivity index (χ1v) is 6.28. The maximum Gasteiger partial charge on any atom is 0.122 e. The molecule has 0 aliphatic carbocycles. The Morgan fingerprint density at radius 1 is 1.29 bits per heavy atom. The zero-order valence-corrected chi connectivity index (χ0v) is 10.4. The predicted octanol–water partition coefficient (Wildman–Crippen LogP) is 1.74. The highest BCUT2D eigenvalue weighted by Crippen LogP contribution is 2.28. The lowest BCUT2D eigenvalue weighted by atomic mass is 9.87. The quantitative estimate of drug-likeness (QED) is 0.838. The molecule has 2 rings (SSSR count). The lowest BCUT2D eigenvalue weighted by Crippen LogP contribution is -2.32. The van der Waals surface area contributed by atoms with Gasteiger partial charge in [0.1, 0.15) is 5.75 Å². The molecule has 0 radical (unpaired) electrons. The SMILES string of the molecule is COc1ccccc1CC1(O)CCCNCC1. The normalized spacial score (nSPS) is 25.3. The number of ether oxygens (including phenoxy) is 1. The van der Waals surface area contributed by atoms with Crippen LogP contribution in [0.3, 0.4) is 0 Å². The van der Waals surface area contributed by atoms with Crippen LogP contribution in [0, 0.1) is 0 Å². The Labute approximate surface area is 103 Å². The van der Waals surface area contributed by atoms with Crippen molar-refractivity contribution in [1.29, 1.82) is 0 Å². The van der Waals surface area contributed by atoms with Crippen molar-refractivity contribution in [3.05, 3.63) is 29.8 Å². The molecule has 1 aliphatic rings. The minimum absolute atomic E-state index is 0.585. The number of hydrogen-bond acceptors (Lipinski definition) is 3. The van der Waals surface area contributed by atoms with Crippen molar-refractivity contribution >= 4 is 0 Å². The Balaban J connectivity index is 2.12. The maximum atomic E-state index is 10.6. The van der Waals surface area contributed by atoms with E-state index in [2.05, 4.69) is 5.32 Å². The zero-order valence-electron chi connectivity index (χ0n) is 10.4. The average Bonchev–Trinajstić information content (AvgIpc) is 2.55. The molecule has 3 heteroatoms. The molecule has 1 aliphatic heterocycles. The Bertz CT molecular complexity index is 357. The highest BCUT2D eigenvalue weighted by molar-refractivity contribution is 5.34. The molecule has 1 aromatic carbocycles. The topological polar surface area (TPSA) is 41.5 Å². The van der Waals surface area contributed by atoms with Crippen LogP contribution < -0.4 is 10.1 Å². The molecule has 0 amide bonds. The lowest BCUT2D eigenvalue weighted by Gasteiger charge is -2.27. The summed E-state index contributed by atoms with van der Waals surface area (Å²) in [5.41, 5.74) is 0.511. The van der Waals surface area contributed by atoms with Crippen molar-refractivity contribution in [2.24, 2.45) is 0 Å². The molecule has 1 unspecified atom stereocenters. The largest absolute Gasteiger partial charge is 0.496 e. The van der Waals surface area contributed by atoms with Crippen molar-refractivity contribution in [2.45, 2.75) is 31.3 Å². The number of benzene rings is 1. The van der Waals surface area contributed by atoms with Gasteiger partial charge in [-0.15, -0.1) is 0 Å². The van der Waals surface area contributed by atoms with Crippen LogP contribution in [0.1, 0.15) is 24.8 Å². The summed E-state index contributed by atoms with van der Waals surface area (Å²) in [5, 5.41) is 14.0. The van der Waals surface area contributed by atoms with E-state index in [-0.39, 0.29) is 0 Å². The number of nitrogens with one attached hydrogen (secondary N) is 1. The first-order chi connectivity index (χ1) is 8.23. The van der Waals surface area contributed by atoms with Gasteiger partial charge in [0.2, 0.25) is 0 Å². The summed E-state index contributed by atoms with van der Waals surface area (Å²) in [6.45, 7) is 1.90. The summed E-state index contributed by atoms with van der Waals surface area (Å²) in [6.07, 6.45) is 3.38. The first kappa shape index (κ1) is 12.4. The minimum Gasteiger partial charge on any atom is -0.496 e. The summed E-state index contributed by atoms with van der Waals surface area (Å²) in [6, 6.07) is 7.94. The molecular weight excluding hydrogens is 214 g/mol.